The molecule has 4 nitrogen and oxygen atoms in total. The number of anilines is 1. The Morgan fingerprint density at radius 2 is 2.00 bits per heavy atom. The summed E-state index contributed by atoms with van der Waals surface area (Å²) in [6.07, 6.45) is 8.06. The van der Waals surface area contributed by atoms with Crippen LogP contribution in [0.2, 0.25) is 0 Å². The molecule has 0 aliphatic heterocycles. The highest BCUT2D eigenvalue weighted by atomic mass is 16.4. The lowest BCUT2D eigenvalue weighted by molar-refractivity contribution is -0.137. The number of carbonyl (C=O) groups excluding carboxylic acids is 1. The topological polar surface area (TPSA) is 66.4 Å². The second-order valence-corrected chi connectivity index (χ2v) is 4.00. The van der Waals surface area contributed by atoms with Crippen LogP contribution in [0, 0.1) is 0 Å². The van der Waals surface area contributed by atoms with Gasteiger partial charge in [-0.15, -0.1) is 0 Å². The van der Waals surface area contributed by atoms with E-state index in [1.165, 1.54) is 0 Å². The molecule has 0 bridgehead atoms. The third kappa shape index (κ3) is 5.68. The number of nitrogens with one attached hydrogen (secondary N) is 1. The molecule has 1 atom stereocenters. The van der Waals surface area contributed by atoms with Gasteiger partial charge in [-0.25, -0.2) is 0 Å². The third-order valence-electron chi connectivity index (χ3n) is 2.44. The minimum Gasteiger partial charge on any atom is -0.481 e. The molecule has 4 heteroatoms. The number of aliphatic carboxylic acids is 1. The molecule has 1 aromatic carbocycles. The van der Waals surface area contributed by atoms with Gasteiger partial charge in [-0.1, -0.05) is 24.3 Å². The molecule has 0 fully saturated rings. The van der Waals surface area contributed by atoms with E-state index < -0.39 is 5.97 Å². The fraction of sp³-hybridized carbons (Fsp3) is 0.200. The van der Waals surface area contributed by atoms with E-state index in [1.54, 1.807) is 36.4 Å². The number of hydrogen-bond donors (Lipinski definition) is 2. The molecule has 1 rings (SSSR count). The number of carboxylic acid groups (broad SMARTS) is 1. The van der Waals surface area contributed by atoms with Crippen molar-refractivity contribution in [2.24, 2.45) is 0 Å². The van der Waals surface area contributed by atoms with Crippen LogP contribution in [0.1, 0.15) is 23.7 Å². The molecule has 19 heavy (non-hydrogen) atoms. The van der Waals surface area contributed by atoms with E-state index in [2.05, 4.69) is 5.32 Å². The molecule has 1 unspecified atom stereocenters. The molecule has 0 spiro atoms. The Bertz CT molecular complexity index is 475. The highest BCUT2D eigenvalue weighted by molar-refractivity contribution is 5.75. The fourth-order valence-corrected chi connectivity index (χ4v) is 1.54. The minimum atomic E-state index is -0.868. The molecule has 2 N–H and O–H groups in total. The van der Waals surface area contributed by atoms with Gasteiger partial charge in [0.25, 0.3) is 0 Å². The highest BCUT2D eigenvalue weighted by Gasteiger charge is 2.09. The van der Waals surface area contributed by atoms with Crippen molar-refractivity contribution in [2.75, 3.05) is 5.32 Å². The van der Waals surface area contributed by atoms with Crippen molar-refractivity contribution in [3.63, 3.8) is 0 Å². The van der Waals surface area contributed by atoms with Gasteiger partial charge < -0.3 is 10.4 Å². The Balaban J connectivity index is 2.74. The lowest BCUT2D eigenvalue weighted by Crippen LogP contribution is -2.20. The van der Waals surface area contributed by atoms with Crippen LogP contribution in [0.5, 0.6) is 0 Å². The Labute approximate surface area is 112 Å². The molecule has 100 valence electrons. The summed E-state index contributed by atoms with van der Waals surface area (Å²) >= 11 is 0. The van der Waals surface area contributed by atoms with Gasteiger partial charge in [0.2, 0.25) is 0 Å². The van der Waals surface area contributed by atoms with Crippen LogP contribution >= 0.6 is 0 Å². The van der Waals surface area contributed by atoms with Crippen LogP contribution in [-0.4, -0.2) is 23.4 Å². The normalized spacial score (nSPS) is 12.7. The number of carboxylic acids is 1. The summed E-state index contributed by atoms with van der Waals surface area (Å²) in [5, 5.41) is 12.0. The molecular formula is C15H17NO3. The molecule has 0 heterocycles. The first-order chi connectivity index (χ1) is 9.15. The zero-order valence-electron chi connectivity index (χ0n) is 10.7. The highest BCUT2D eigenvalue weighted by Crippen LogP contribution is 2.12. The Hall–Kier alpha value is -2.36. The predicted octanol–water partition coefficient (Wildman–Crippen LogP) is 2.89. The summed E-state index contributed by atoms with van der Waals surface area (Å²) in [4.78, 5) is 21.3. The Morgan fingerprint density at radius 3 is 2.53 bits per heavy atom. The van der Waals surface area contributed by atoms with Crippen LogP contribution in [0.4, 0.5) is 5.69 Å². The first kappa shape index (κ1) is 14.7. The maximum atomic E-state index is 10.8. The average Bonchev–Trinajstić information content (AvgIpc) is 2.39. The van der Waals surface area contributed by atoms with Gasteiger partial charge in [0.15, 0.2) is 0 Å². The molecule has 0 aromatic heterocycles. The molecule has 0 saturated carbocycles. The van der Waals surface area contributed by atoms with Gasteiger partial charge in [-0.05, 0) is 31.2 Å². The standard InChI is InChI=1S/C15H17NO3/c1-2-3-4-5-14(10-15(18)19)16-13-8-6-12(11-17)7-9-13/h2-9,11,14,16H,10H2,1H3,(H,18,19). The Morgan fingerprint density at radius 1 is 1.32 bits per heavy atom. The number of aldehydes is 1. The number of benzene rings is 1. The van der Waals surface area contributed by atoms with Crippen molar-refractivity contribution < 1.29 is 14.7 Å². The summed E-state index contributed by atoms with van der Waals surface area (Å²) in [6.45, 7) is 1.89. The van der Waals surface area contributed by atoms with Gasteiger partial charge in [-0.3, -0.25) is 9.59 Å². The Kier molecular flexibility index (Phi) is 6.09. The van der Waals surface area contributed by atoms with E-state index in [0.717, 1.165) is 12.0 Å². The van der Waals surface area contributed by atoms with Crippen molar-refractivity contribution in [2.45, 2.75) is 19.4 Å². The first-order valence-electron chi connectivity index (χ1n) is 5.98. The molecule has 0 aliphatic rings. The minimum absolute atomic E-state index is 0.0104. The zero-order valence-corrected chi connectivity index (χ0v) is 10.7. The van der Waals surface area contributed by atoms with Crippen LogP contribution < -0.4 is 5.32 Å². The lowest BCUT2D eigenvalue weighted by Gasteiger charge is -2.14. The fourth-order valence-electron chi connectivity index (χ4n) is 1.54. The van der Waals surface area contributed by atoms with Crippen LogP contribution in [0.15, 0.2) is 48.6 Å². The molecule has 0 amide bonds. The number of hydrogen-bond acceptors (Lipinski definition) is 3. The zero-order chi connectivity index (χ0) is 14.1. The molecule has 0 radical (unpaired) electrons. The monoisotopic (exact) mass is 259 g/mol. The summed E-state index contributed by atoms with van der Waals surface area (Å²) in [7, 11) is 0. The van der Waals surface area contributed by atoms with Crippen molar-refractivity contribution in [1.82, 2.24) is 0 Å². The van der Waals surface area contributed by atoms with Gasteiger partial charge in [-0.2, -0.15) is 0 Å². The van der Waals surface area contributed by atoms with E-state index in [1.807, 2.05) is 19.1 Å². The third-order valence-corrected chi connectivity index (χ3v) is 2.44. The van der Waals surface area contributed by atoms with Crippen molar-refractivity contribution >= 4 is 17.9 Å². The maximum Gasteiger partial charge on any atom is 0.305 e. The lowest BCUT2D eigenvalue weighted by atomic mass is 10.1. The van der Waals surface area contributed by atoms with Crippen LogP contribution in [-0.2, 0) is 4.79 Å². The second kappa shape index (κ2) is 7.87. The molecular weight excluding hydrogens is 242 g/mol. The predicted molar refractivity (Wildman–Crippen MR) is 75.4 cm³/mol. The van der Waals surface area contributed by atoms with Gasteiger partial charge in [0.05, 0.1) is 12.5 Å². The smallest absolute Gasteiger partial charge is 0.305 e. The number of allylic oxidation sites excluding steroid dienone is 3. The van der Waals surface area contributed by atoms with Gasteiger partial charge in [0, 0.05) is 11.3 Å². The second-order valence-electron chi connectivity index (χ2n) is 4.00. The summed E-state index contributed by atoms with van der Waals surface area (Å²) in [6, 6.07) is 6.58. The van der Waals surface area contributed by atoms with Crippen LogP contribution in [0.25, 0.3) is 0 Å². The SMILES string of the molecule is CC=CC=CC(CC(=O)O)Nc1ccc(C=O)cc1. The van der Waals surface area contributed by atoms with E-state index in [9.17, 15) is 9.59 Å². The summed E-state index contributed by atoms with van der Waals surface area (Å²) < 4.78 is 0. The van der Waals surface area contributed by atoms with Crippen molar-refractivity contribution in [3.05, 3.63) is 54.1 Å². The molecule has 1 aromatic rings. The summed E-state index contributed by atoms with van der Waals surface area (Å²) in [5.41, 5.74) is 1.37. The van der Waals surface area contributed by atoms with E-state index in [-0.39, 0.29) is 12.5 Å². The van der Waals surface area contributed by atoms with Crippen molar-refractivity contribution in [3.8, 4) is 0 Å². The van der Waals surface area contributed by atoms with Gasteiger partial charge in [0.1, 0.15) is 6.29 Å². The molecule has 0 aliphatic carbocycles. The first-order valence-corrected chi connectivity index (χ1v) is 5.98. The summed E-state index contributed by atoms with van der Waals surface area (Å²) in [5.74, 6) is -0.868. The van der Waals surface area contributed by atoms with E-state index in [0.29, 0.717) is 5.56 Å². The largest absolute Gasteiger partial charge is 0.481 e. The quantitative estimate of drug-likeness (QED) is 0.583. The van der Waals surface area contributed by atoms with E-state index >= 15 is 0 Å². The molecule has 0 saturated heterocycles. The van der Waals surface area contributed by atoms with Gasteiger partial charge >= 0.3 is 5.97 Å². The van der Waals surface area contributed by atoms with Crippen molar-refractivity contribution in [1.29, 1.82) is 0 Å². The number of rotatable bonds is 7. The average molecular weight is 259 g/mol. The van der Waals surface area contributed by atoms with Crippen LogP contribution in [0.3, 0.4) is 0 Å². The van der Waals surface area contributed by atoms with E-state index in [4.69, 9.17) is 5.11 Å². The number of carbonyl (C=O) groups is 2. The maximum absolute atomic E-state index is 10.8.